The van der Waals surface area contributed by atoms with Crippen LogP contribution < -0.4 is 5.73 Å². The molecule has 0 bridgehead atoms. The first kappa shape index (κ1) is 10.5. The van der Waals surface area contributed by atoms with E-state index in [1.165, 1.54) is 0 Å². The minimum absolute atomic E-state index is 0.190. The van der Waals surface area contributed by atoms with Gasteiger partial charge in [0, 0.05) is 12.2 Å². The van der Waals surface area contributed by atoms with E-state index < -0.39 is 9.84 Å². The van der Waals surface area contributed by atoms with Crippen molar-refractivity contribution in [1.29, 1.82) is 0 Å². The highest BCUT2D eigenvalue weighted by atomic mass is 32.2. The number of nitrogens with zero attached hydrogens (tertiary/aromatic N) is 2. The number of imidazole rings is 1. The lowest BCUT2D eigenvalue weighted by Crippen LogP contribution is -2.25. The SMILES string of the molecule is Cc1cn(C2CCS(=O)(=O)CC2)c(N)n1. The Kier molecular flexibility index (Phi) is 2.46. The molecule has 6 heteroatoms. The topological polar surface area (TPSA) is 78.0 Å². The number of rotatable bonds is 1. The maximum absolute atomic E-state index is 11.3. The van der Waals surface area contributed by atoms with Crippen molar-refractivity contribution in [3.8, 4) is 0 Å². The van der Waals surface area contributed by atoms with Gasteiger partial charge in [-0.2, -0.15) is 0 Å². The third-order valence-electron chi connectivity index (χ3n) is 2.80. The van der Waals surface area contributed by atoms with Gasteiger partial charge >= 0.3 is 0 Å². The average molecular weight is 229 g/mol. The Morgan fingerprint density at radius 1 is 1.47 bits per heavy atom. The molecule has 0 spiro atoms. The number of aromatic nitrogens is 2. The first-order valence-corrected chi connectivity index (χ1v) is 6.81. The zero-order chi connectivity index (χ0) is 11.1. The Morgan fingerprint density at radius 2 is 2.07 bits per heavy atom. The molecule has 1 aliphatic heterocycles. The molecule has 0 atom stereocenters. The smallest absolute Gasteiger partial charge is 0.200 e. The molecule has 1 fully saturated rings. The molecule has 15 heavy (non-hydrogen) atoms. The summed E-state index contributed by atoms with van der Waals surface area (Å²) < 4.78 is 24.4. The normalized spacial score (nSPS) is 21.7. The standard InChI is InChI=1S/C9H15N3O2S/c1-7-6-12(9(10)11-7)8-2-4-15(13,14)5-3-8/h6,8H,2-5H2,1H3,(H2,10,11). The van der Waals surface area contributed by atoms with Gasteiger partial charge in [-0.25, -0.2) is 13.4 Å². The molecule has 0 aliphatic carbocycles. The van der Waals surface area contributed by atoms with Crippen molar-refractivity contribution >= 4 is 15.8 Å². The van der Waals surface area contributed by atoms with Crippen molar-refractivity contribution in [2.45, 2.75) is 25.8 Å². The quantitative estimate of drug-likeness (QED) is 0.761. The fraction of sp³-hybridized carbons (Fsp3) is 0.667. The van der Waals surface area contributed by atoms with E-state index in [0.717, 1.165) is 5.69 Å². The Hall–Kier alpha value is -1.04. The third kappa shape index (κ3) is 2.14. The second-order valence-electron chi connectivity index (χ2n) is 4.03. The van der Waals surface area contributed by atoms with E-state index in [1.54, 1.807) is 0 Å². The van der Waals surface area contributed by atoms with Crippen molar-refractivity contribution in [2.75, 3.05) is 17.2 Å². The second-order valence-corrected chi connectivity index (χ2v) is 6.33. The Bertz CT molecular complexity index is 450. The summed E-state index contributed by atoms with van der Waals surface area (Å²) in [6.07, 6.45) is 3.17. The predicted molar refractivity (Wildman–Crippen MR) is 58.3 cm³/mol. The van der Waals surface area contributed by atoms with Gasteiger partial charge in [-0.3, -0.25) is 0 Å². The molecule has 0 radical (unpaired) electrons. The van der Waals surface area contributed by atoms with Gasteiger partial charge in [-0.1, -0.05) is 0 Å². The number of nitrogens with two attached hydrogens (primary N) is 1. The molecular weight excluding hydrogens is 214 g/mol. The molecular formula is C9H15N3O2S. The van der Waals surface area contributed by atoms with Gasteiger partial charge in [0.15, 0.2) is 0 Å². The summed E-state index contributed by atoms with van der Waals surface area (Å²) >= 11 is 0. The summed E-state index contributed by atoms with van der Waals surface area (Å²) in [5, 5.41) is 0. The van der Waals surface area contributed by atoms with Crippen LogP contribution in [0, 0.1) is 6.92 Å². The molecule has 1 aromatic heterocycles. The van der Waals surface area contributed by atoms with Crippen LogP contribution in [0.2, 0.25) is 0 Å². The van der Waals surface area contributed by atoms with Crippen LogP contribution in [-0.2, 0) is 9.84 Å². The van der Waals surface area contributed by atoms with Crippen molar-refractivity contribution in [2.24, 2.45) is 0 Å². The highest BCUT2D eigenvalue weighted by molar-refractivity contribution is 7.91. The second kappa shape index (κ2) is 3.52. The van der Waals surface area contributed by atoms with Crippen molar-refractivity contribution in [3.63, 3.8) is 0 Å². The number of sulfone groups is 1. The van der Waals surface area contributed by atoms with E-state index in [-0.39, 0.29) is 17.5 Å². The van der Waals surface area contributed by atoms with Crippen LogP contribution in [-0.4, -0.2) is 29.5 Å². The lowest BCUT2D eigenvalue weighted by Gasteiger charge is -2.23. The van der Waals surface area contributed by atoms with E-state index in [2.05, 4.69) is 4.98 Å². The van der Waals surface area contributed by atoms with Crippen LogP contribution in [0.5, 0.6) is 0 Å². The Balaban J connectivity index is 2.17. The fourth-order valence-corrected chi connectivity index (χ4v) is 3.45. The average Bonchev–Trinajstić information content (AvgIpc) is 2.45. The van der Waals surface area contributed by atoms with E-state index in [1.807, 2.05) is 17.7 Å². The van der Waals surface area contributed by atoms with Gasteiger partial charge < -0.3 is 10.3 Å². The maximum Gasteiger partial charge on any atom is 0.200 e. The number of aryl methyl sites for hydroxylation is 1. The van der Waals surface area contributed by atoms with Crippen molar-refractivity contribution in [1.82, 2.24) is 9.55 Å². The van der Waals surface area contributed by atoms with E-state index >= 15 is 0 Å². The van der Waals surface area contributed by atoms with Crippen LogP contribution in [0.15, 0.2) is 6.20 Å². The molecule has 5 nitrogen and oxygen atoms in total. The van der Waals surface area contributed by atoms with Gasteiger partial charge in [0.2, 0.25) is 5.95 Å². The monoisotopic (exact) mass is 229 g/mol. The Morgan fingerprint density at radius 3 is 2.53 bits per heavy atom. The van der Waals surface area contributed by atoms with Crippen LogP contribution in [0.3, 0.4) is 0 Å². The molecule has 0 saturated carbocycles. The lowest BCUT2D eigenvalue weighted by atomic mass is 10.1. The number of hydrogen-bond donors (Lipinski definition) is 1. The molecule has 1 aliphatic rings. The van der Waals surface area contributed by atoms with E-state index in [4.69, 9.17) is 5.73 Å². The number of nitrogen functional groups attached to an aromatic ring is 1. The lowest BCUT2D eigenvalue weighted by molar-refractivity contribution is 0.454. The molecule has 0 aromatic carbocycles. The molecule has 2 rings (SSSR count). The number of hydrogen-bond acceptors (Lipinski definition) is 4. The van der Waals surface area contributed by atoms with Crippen LogP contribution in [0.1, 0.15) is 24.6 Å². The molecule has 1 saturated heterocycles. The first-order valence-electron chi connectivity index (χ1n) is 4.99. The molecule has 2 heterocycles. The minimum Gasteiger partial charge on any atom is -0.369 e. The van der Waals surface area contributed by atoms with Gasteiger partial charge in [-0.15, -0.1) is 0 Å². The summed E-state index contributed by atoms with van der Waals surface area (Å²) in [5.41, 5.74) is 6.62. The summed E-state index contributed by atoms with van der Waals surface area (Å²) in [7, 11) is -2.80. The first-order chi connectivity index (χ1) is 6.98. The zero-order valence-corrected chi connectivity index (χ0v) is 9.50. The summed E-state index contributed by atoms with van der Waals surface area (Å²) in [6.45, 7) is 1.88. The molecule has 0 unspecified atom stereocenters. The van der Waals surface area contributed by atoms with Gasteiger partial charge in [0.05, 0.1) is 17.2 Å². The van der Waals surface area contributed by atoms with Crippen LogP contribution >= 0.6 is 0 Å². The highest BCUT2D eigenvalue weighted by Crippen LogP contribution is 2.26. The number of anilines is 1. The van der Waals surface area contributed by atoms with Gasteiger partial charge in [-0.05, 0) is 19.8 Å². The van der Waals surface area contributed by atoms with Gasteiger partial charge in [0.25, 0.3) is 0 Å². The molecule has 2 N–H and O–H groups in total. The molecule has 1 aromatic rings. The summed E-state index contributed by atoms with van der Waals surface area (Å²) in [4.78, 5) is 4.11. The largest absolute Gasteiger partial charge is 0.369 e. The van der Waals surface area contributed by atoms with Crippen LogP contribution in [0.25, 0.3) is 0 Å². The minimum atomic E-state index is -2.80. The molecule has 0 amide bonds. The van der Waals surface area contributed by atoms with Crippen LogP contribution in [0.4, 0.5) is 5.95 Å². The van der Waals surface area contributed by atoms with Crippen molar-refractivity contribution < 1.29 is 8.42 Å². The fourth-order valence-electron chi connectivity index (χ4n) is 1.98. The Labute approximate surface area is 89.2 Å². The predicted octanol–water partition coefficient (Wildman–Crippen LogP) is 0.523. The molecule has 84 valence electrons. The third-order valence-corrected chi connectivity index (χ3v) is 4.51. The summed E-state index contributed by atoms with van der Waals surface area (Å²) in [5.74, 6) is 1.000. The van der Waals surface area contributed by atoms with E-state index in [0.29, 0.717) is 18.8 Å². The maximum atomic E-state index is 11.3. The van der Waals surface area contributed by atoms with Crippen molar-refractivity contribution in [3.05, 3.63) is 11.9 Å². The van der Waals surface area contributed by atoms with Gasteiger partial charge in [0.1, 0.15) is 9.84 Å². The highest BCUT2D eigenvalue weighted by Gasteiger charge is 2.25. The summed E-state index contributed by atoms with van der Waals surface area (Å²) in [6, 6.07) is 0.190. The van der Waals surface area contributed by atoms with E-state index in [9.17, 15) is 8.42 Å². The zero-order valence-electron chi connectivity index (χ0n) is 8.68.